The highest BCUT2D eigenvalue weighted by molar-refractivity contribution is 7.91. The average Bonchev–Trinajstić information content (AvgIpc) is 3.24. The van der Waals surface area contributed by atoms with Crippen molar-refractivity contribution in [3.63, 3.8) is 0 Å². The van der Waals surface area contributed by atoms with Crippen molar-refractivity contribution < 1.29 is 17.9 Å². The molecule has 1 aromatic carbocycles. The number of anilines is 2. The van der Waals surface area contributed by atoms with E-state index in [1.54, 1.807) is 18.3 Å². The number of nitrogens with one attached hydrogen (secondary N) is 1. The number of carbonyl (C=O) groups excluding carboxylic acids is 1. The van der Waals surface area contributed by atoms with Gasteiger partial charge in [0.1, 0.15) is 11.6 Å². The monoisotopic (exact) mass is 529 g/mol. The Morgan fingerprint density at radius 1 is 1.05 bits per heavy atom. The van der Waals surface area contributed by atoms with Crippen LogP contribution in [0.25, 0.3) is 10.9 Å². The van der Waals surface area contributed by atoms with Gasteiger partial charge in [-0.25, -0.2) is 18.4 Å². The summed E-state index contributed by atoms with van der Waals surface area (Å²) in [5.74, 6) is 1.31. The van der Waals surface area contributed by atoms with E-state index in [2.05, 4.69) is 26.3 Å². The molecule has 0 unspecified atom stereocenters. The number of aryl methyl sites for hydroxylation is 1. The third kappa shape index (κ3) is 4.84. The predicted octanol–water partition coefficient (Wildman–Crippen LogP) is 3.73. The van der Waals surface area contributed by atoms with Crippen LogP contribution in [0, 0.1) is 0 Å². The SMILES string of the molecule is O=C(NCc1cc2nc(N3CCCCc4cccnc43)ccc2cn1)c1ccc2c(c1)S(=O)(=O)CCOC2. The average molecular weight is 530 g/mol. The summed E-state index contributed by atoms with van der Waals surface area (Å²) in [5.41, 5.74) is 3.51. The molecular formula is C28H27N5O4S. The largest absolute Gasteiger partial charge is 0.376 e. The minimum absolute atomic E-state index is 0.0971. The molecule has 4 aromatic rings. The molecule has 0 aliphatic carbocycles. The Hall–Kier alpha value is -3.89. The number of amides is 1. The summed E-state index contributed by atoms with van der Waals surface area (Å²) in [5, 5.41) is 3.75. The van der Waals surface area contributed by atoms with Crippen molar-refractivity contribution in [3.05, 3.63) is 83.3 Å². The fourth-order valence-electron chi connectivity index (χ4n) is 4.92. The van der Waals surface area contributed by atoms with Gasteiger partial charge in [-0.3, -0.25) is 9.78 Å². The van der Waals surface area contributed by atoms with E-state index in [1.807, 2.05) is 30.5 Å². The van der Waals surface area contributed by atoms with Gasteiger partial charge in [0.2, 0.25) is 0 Å². The van der Waals surface area contributed by atoms with Crippen LogP contribution in [-0.2, 0) is 34.1 Å². The molecule has 6 rings (SSSR count). The molecule has 0 saturated heterocycles. The van der Waals surface area contributed by atoms with Crippen molar-refractivity contribution in [2.45, 2.75) is 37.3 Å². The molecule has 2 aliphatic heterocycles. The number of hydrogen-bond acceptors (Lipinski definition) is 8. The Balaban J connectivity index is 1.22. The number of pyridine rings is 3. The van der Waals surface area contributed by atoms with Gasteiger partial charge >= 0.3 is 0 Å². The van der Waals surface area contributed by atoms with E-state index in [-0.39, 0.29) is 41.9 Å². The van der Waals surface area contributed by atoms with Gasteiger partial charge in [-0.05, 0) is 66.8 Å². The van der Waals surface area contributed by atoms with E-state index in [0.717, 1.165) is 48.3 Å². The van der Waals surface area contributed by atoms with Crippen molar-refractivity contribution in [3.8, 4) is 0 Å². The van der Waals surface area contributed by atoms with Crippen molar-refractivity contribution in [1.29, 1.82) is 0 Å². The lowest BCUT2D eigenvalue weighted by molar-refractivity contribution is 0.0950. The van der Waals surface area contributed by atoms with Gasteiger partial charge in [-0.15, -0.1) is 0 Å². The normalized spacial score (nSPS) is 16.7. The third-order valence-electron chi connectivity index (χ3n) is 6.94. The third-order valence-corrected chi connectivity index (χ3v) is 8.70. The fourth-order valence-corrected chi connectivity index (χ4v) is 6.31. The highest BCUT2D eigenvalue weighted by Crippen LogP contribution is 2.30. The minimum atomic E-state index is -3.49. The summed E-state index contributed by atoms with van der Waals surface area (Å²) < 4.78 is 30.5. The van der Waals surface area contributed by atoms with E-state index < -0.39 is 9.84 Å². The summed E-state index contributed by atoms with van der Waals surface area (Å²) >= 11 is 0. The number of carbonyl (C=O) groups is 1. The van der Waals surface area contributed by atoms with E-state index in [4.69, 9.17) is 9.72 Å². The summed E-state index contributed by atoms with van der Waals surface area (Å²) in [7, 11) is -3.49. The standard InChI is InChI=1S/C28H27N5O4S/c34-28(20-6-7-22-18-37-12-13-38(35,36)25(22)14-20)31-17-23-15-24-21(16-30-23)8-9-26(32-24)33-11-2-1-4-19-5-3-10-29-27(19)33/h3,5-10,14-16H,1-2,4,11-13,17-18H2,(H,31,34). The molecule has 38 heavy (non-hydrogen) atoms. The van der Waals surface area contributed by atoms with Gasteiger partial charge < -0.3 is 15.0 Å². The van der Waals surface area contributed by atoms with E-state index in [1.165, 1.54) is 11.6 Å². The zero-order valence-electron chi connectivity index (χ0n) is 20.8. The van der Waals surface area contributed by atoms with E-state index >= 15 is 0 Å². The Morgan fingerprint density at radius 3 is 2.89 bits per heavy atom. The second-order valence-corrected chi connectivity index (χ2v) is 11.6. The molecule has 0 fully saturated rings. The van der Waals surface area contributed by atoms with Gasteiger partial charge in [-0.1, -0.05) is 12.1 Å². The number of fused-ring (bicyclic) bond motifs is 3. The second-order valence-electron chi connectivity index (χ2n) is 9.51. The van der Waals surface area contributed by atoms with Gasteiger partial charge in [-0.2, -0.15) is 0 Å². The molecule has 9 nitrogen and oxygen atoms in total. The number of benzene rings is 1. The molecule has 0 bridgehead atoms. The lowest BCUT2D eigenvalue weighted by atomic mass is 10.1. The Bertz CT molecular complexity index is 1640. The summed E-state index contributed by atoms with van der Waals surface area (Å²) in [4.78, 5) is 29.2. The van der Waals surface area contributed by atoms with Gasteiger partial charge in [0, 0.05) is 29.9 Å². The van der Waals surface area contributed by atoms with Crippen molar-refractivity contribution >= 4 is 38.3 Å². The first-order chi connectivity index (χ1) is 18.5. The molecule has 1 N–H and O–H groups in total. The lowest BCUT2D eigenvalue weighted by Gasteiger charge is -2.22. The molecule has 0 atom stereocenters. The van der Waals surface area contributed by atoms with E-state index in [0.29, 0.717) is 11.3 Å². The molecule has 5 heterocycles. The van der Waals surface area contributed by atoms with Gasteiger partial charge in [0.05, 0.1) is 41.6 Å². The number of sulfone groups is 1. The highest BCUT2D eigenvalue weighted by atomic mass is 32.2. The van der Waals surface area contributed by atoms with Crippen LogP contribution in [0.15, 0.2) is 65.8 Å². The zero-order valence-corrected chi connectivity index (χ0v) is 21.6. The predicted molar refractivity (Wildman–Crippen MR) is 143 cm³/mol. The van der Waals surface area contributed by atoms with Crippen LogP contribution in [0.2, 0.25) is 0 Å². The van der Waals surface area contributed by atoms with Crippen LogP contribution in [-0.4, -0.2) is 48.2 Å². The number of hydrogen-bond donors (Lipinski definition) is 1. The van der Waals surface area contributed by atoms with Crippen LogP contribution in [0.3, 0.4) is 0 Å². The van der Waals surface area contributed by atoms with Crippen LogP contribution in [0.1, 0.15) is 40.0 Å². The smallest absolute Gasteiger partial charge is 0.251 e. The summed E-state index contributed by atoms with van der Waals surface area (Å²) in [6.07, 6.45) is 6.74. The van der Waals surface area contributed by atoms with Crippen LogP contribution in [0.5, 0.6) is 0 Å². The first-order valence-corrected chi connectivity index (χ1v) is 14.3. The molecular weight excluding hydrogens is 502 g/mol. The maximum Gasteiger partial charge on any atom is 0.251 e. The number of aromatic nitrogens is 3. The maximum absolute atomic E-state index is 12.9. The first-order valence-electron chi connectivity index (χ1n) is 12.7. The summed E-state index contributed by atoms with van der Waals surface area (Å²) in [6.45, 7) is 1.38. The van der Waals surface area contributed by atoms with Crippen molar-refractivity contribution in [1.82, 2.24) is 20.3 Å². The van der Waals surface area contributed by atoms with Crippen LogP contribution in [0.4, 0.5) is 11.6 Å². The molecule has 3 aromatic heterocycles. The van der Waals surface area contributed by atoms with Crippen LogP contribution < -0.4 is 10.2 Å². The van der Waals surface area contributed by atoms with Gasteiger partial charge in [0.15, 0.2) is 9.84 Å². The Kier molecular flexibility index (Phi) is 6.50. The molecule has 0 saturated carbocycles. The topological polar surface area (TPSA) is 114 Å². The molecule has 194 valence electrons. The molecule has 10 heteroatoms. The Labute approximate surface area is 220 Å². The fraction of sp³-hybridized carbons (Fsp3) is 0.286. The quantitative estimate of drug-likeness (QED) is 0.425. The van der Waals surface area contributed by atoms with Crippen LogP contribution >= 0.6 is 0 Å². The number of rotatable bonds is 4. The van der Waals surface area contributed by atoms with Crippen molar-refractivity contribution in [2.75, 3.05) is 23.8 Å². The molecule has 2 aliphatic rings. The van der Waals surface area contributed by atoms with Gasteiger partial charge in [0.25, 0.3) is 5.91 Å². The number of ether oxygens (including phenoxy) is 1. The summed E-state index contributed by atoms with van der Waals surface area (Å²) in [6, 6.07) is 14.7. The first kappa shape index (κ1) is 24.4. The molecule has 0 spiro atoms. The molecule has 1 amide bonds. The Morgan fingerprint density at radius 2 is 1.97 bits per heavy atom. The lowest BCUT2D eigenvalue weighted by Crippen LogP contribution is -2.24. The maximum atomic E-state index is 12.9. The molecule has 0 radical (unpaired) electrons. The zero-order chi connectivity index (χ0) is 26.1. The number of nitrogens with zero attached hydrogens (tertiary/aromatic N) is 4. The second kappa shape index (κ2) is 10.1. The highest BCUT2D eigenvalue weighted by Gasteiger charge is 2.24. The van der Waals surface area contributed by atoms with E-state index in [9.17, 15) is 13.2 Å². The minimum Gasteiger partial charge on any atom is -0.376 e. The van der Waals surface area contributed by atoms with Crippen molar-refractivity contribution in [2.24, 2.45) is 0 Å².